The van der Waals surface area contributed by atoms with Crippen molar-refractivity contribution in [2.75, 3.05) is 20.1 Å². The standard InChI is InChI=1S/C33H29ClF3N5O3/c1-16-13-39-29(21-5-4-6-22(27(21)36)31(43)41-14-20(15-41)40-33(45)38-3)28(37)30(16)42-17(2)11-25(26(34)32(42)44)24-12-23(24)18-7-9-19(35)10-8-18/h4-11,13,20,23-24H,12,14-15H2,1-3H3,(H2,38,40,45)/t23-,24+/m1/s1. The summed E-state index contributed by atoms with van der Waals surface area (Å²) in [6.07, 6.45) is 2.07. The fraction of sp³-hybridized carbons (Fsp3) is 0.273. The van der Waals surface area contributed by atoms with Gasteiger partial charge in [-0.15, -0.1) is 0 Å². The predicted octanol–water partition coefficient (Wildman–Crippen LogP) is 5.61. The third-order valence-electron chi connectivity index (χ3n) is 8.46. The monoisotopic (exact) mass is 635 g/mol. The maximum absolute atomic E-state index is 16.3. The Morgan fingerprint density at radius 3 is 2.40 bits per heavy atom. The third kappa shape index (κ3) is 5.45. The van der Waals surface area contributed by atoms with Crippen molar-refractivity contribution in [3.8, 4) is 16.9 Å². The molecule has 3 heterocycles. The second-order valence-electron chi connectivity index (χ2n) is 11.4. The van der Waals surface area contributed by atoms with Crippen LogP contribution in [0.5, 0.6) is 0 Å². The minimum Gasteiger partial charge on any atom is -0.341 e. The number of rotatable bonds is 6. The van der Waals surface area contributed by atoms with E-state index in [1.165, 1.54) is 48.5 Å². The summed E-state index contributed by atoms with van der Waals surface area (Å²) in [5, 5.41) is 5.06. The number of pyridine rings is 2. The first-order valence-corrected chi connectivity index (χ1v) is 14.8. The number of carbonyl (C=O) groups excluding carboxylic acids is 2. The maximum atomic E-state index is 16.3. The predicted molar refractivity (Wildman–Crippen MR) is 163 cm³/mol. The molecule has 3 amide bonds. The molecule has 8 nitrogen and oxygen atoms in total. The molecule has 1 saturated carbocycles. The highest BCUT2D eigenvalue weighted by Gasteiger charge is 2.42. The zero-order chi connectivity index (χ0) is 32.2. The quantitative estimate of drug-likeness (QED) is 0.288. The lowest BCUT2D eigenvalue weighted by Crippen LogP contribution is -2.62. The van der Waals surface area contributed by atoms with E-state index in [2.05, 4.69) is 15.6 Å². The summed E-state index contributed by atoms with van der Waals surface area (Å²) < 4.78 is 46.7. The van der Waals surface area contributed by atoms with Crippen LogP contribution < -0.4 is 16.2 Å². The highest BCUT2D eigenvalue weighted by molar-refractivity contribution is 6.31. The van der Waals surface area contributed by atoms with E-state index in [9.17, 15) is 18.8 Å². The highest BCUT2D eigenvalue weighted by atomic mass is 35.5. The van der Waals surface area contributed by atoms with Crippen LogP contribution in [0.3, 0.4) is 0 Å². The van der Waals surface area contributed by atoms with Gasteiger partial charge in [0, 0.05) is 37.6 Å². The molecule has 1 saturated heterocycles. The molecule has 4 aromatic rings. The van der Waals surface area contributed by atoms with E-state index in [1.54, 1.807) is 32.0 Å². The smallest absolute Gasteiger partial charge is 0.314 e. The van der Waals surface area contributed by atoms with Gasteiger partial charge in [0.2, 0.25) is 0 Å². The van der Waals surface area contributed by atoms with Gasteiger partial charge in [0.1, 0.15) is 22.4 Å². The number of aryl methyl sites for hydroxylation is 2. The van der Waals surface area contributed by atoms with E-state index >= 15 is 8.78 Å². The average Bonchev–Trinajstić information content (AvgIpc) is 3.79. The second-order valence-corrected chi connectivity index (χ2v) is 11.8. The molecule has 0 unspecified atom stereocenters. The molecule has 2 aliphatic rings. The second kappa shape index (κ2) is 11.7. The number of carbonyl (C=O) groups is 2. The molecule has 6 rings (SSSR count). The Morgan fingerprint density at radius 1 is 1.00 bits per heavy atom. The lowest BCUT2D eigenvalue weighted by Gasteiger charge is -2.39. The summed E-state index contributed by atoms with van der Waals surface area (Å²) in [6.45, 7) is 3.63. The molecule has 0 spiro atoms. The fourth-order valence-electron chi connectivity index (χ4n) is 5.97. The number of benzene rings is 2. The van der Waals surface area contributed by atoms with Crippen LogP contribution in [0.2, 0.25) is 5.02 Å². The summed E-state index contributed by atoms with van der Waals surface area (Å²) in [7, 11) is 1.48. The Kier molecular flexibility index (Phi) is 7.90. The normalized spacial score (nSPS) is 17.5. The van der Waals surface area contributed by atoms with E-state index in [1.807, 2.05) is 0 Å². The molecule has 2 fully saturated rings. The largest absolute Gasteiger partial charge is 0.341 e. The van der Waals surface area contributed by atoms with Gasteiger partial charge >= 0.3 is 6.03 Å². The number of likely N-dealkylation sites (tertiary alicyclic amines) is 1. The Hall–Kier alpha value is -4.64. The summed E-state index contributed by atoms with van der Waals surface area (Å²) in [6, 6.07) is 11.4. The molecule has 2 aromatic heterocycles. The number of aromatic nitrogens is 2. The Labute approximate surface area is 261 Å². The Morgan fingerprint density at radius 2 is 1.71 bits per heavy atom. The first-order chi connectivity index (χ1) is 21.5. The Bertz CT molecular complexity index is 1910. The molecule has 0 bridgehead atoms. The van der Waals surface area contributed by atoms with Crippen molar-refractivity contribution in [3.05, 3.63) is 116 Å². The first-order valence-electron chi connectivity index (χ1n) is 14.4. The van der Waals surface area contributed by atoms with E-state index < -0.39 is 23.1 Å². The lowest BCUT2D eigenvalue weighted by molar-refractivity contribution is 0.0573. The van der Waals surface area contributed by atoms with Gasteiger partial charge in [-0.2, -0.15) is 0 Å². The molecule has 2 aromatic carbocycles. The molecule has 232 valence electrons. The molecule has 0 radical (unpaired) electrons. The van der Waals surface area contributed by atoms with Crippen LogP contribution >= 0.6 is 11.6 Å². The van der Waals surface area contributed by atoms with Crippen LogP contribution in [-0.4, -0.2) is 52.6 Å². The number of nitrogens with zero attached hydrogens (tertiary/aromatic N) is 3. The van der Waals surface area contributed by atoms with Gasteiger partial charge in [-0.25, -0.2) is 18.0 Å². The van der Waals surface area contributed by atoms with Gasteiger partial charge in [0.25, 0.3) is 11.5 Å². The molecular weight excluding hydrogens is 607 g/mol. The topological polar surface area (TPSA) is 96.3 Å². The van der Waals surface area contributed by atoms with Gasteiger partial charge in [-0.05, 0) is 79.1 Å². The lowest BCUT2D eigenvalue weighted by atomic mass is 10.0. The van der Waals surface area contributed by atoms with Crippen LogP contribution in [0, 0.1) is 31.3 Å². The van der Waals surface area contributed by atoms with Gasteiger partial charge < -0.3 is 15.5 Å². The van der Waals surface area contributed by atoms with Crippen molar-refractivity contribution in [1.82, 2.24) is 25.1 Å². The van der Waals surface area contributed by atoms with E-state index in [4.69, 9.17) is 11.6 Å². The molecular formula is C33H29ClF3N5O3. The van der Waals surface area contributed by atoms with Crippen molar-refractivity contribution >= 4 is 23.5 Å². The van der Waals surface area contributed by atoms with Gasteiger partial charge in [0.05, 0.1) is 17.3 Å². The molecule has 2 N–H and O–H groups in total. The van der Waals surface area contributed by atoms with Crippen LogP contribution in [0.15, 0.2) is 59.5 Å². The zero-order valence-corrected chi connectivity index (χ0v) is 25.4. The SMILES string of the molecule is CNC(=O)NC1CN(C(=O)c2cccc(-c3ncc(C)c(-n4c(C)cc([C@H]5C[C@@H]5c5ccc(F)cc5)c(Cl)c4=O)c3F)c2F)C1. The summed E-state index contributed by atoms with van der Waals surface area (Å²) in [4.78, 5) is 43.8. The van der Waals surface area contributed by atoms with Gasteiger partial charge in [-0.3, -0.25) is 19.1 Å². The van der Waals surface area contributed by atoms with Crippen LogP contribution in [-0.2, 0) is 0 Å². The number of halogens is 4. The van der Waals surface area contributed by atoms with Crippen LogP contribution in [0.25, 0.3) is 16.9 Å². The summed E-state index contributed by atoms with van der Waals surface area (Å²) in [5.74, 6) is -2.80. The number of hydrogen-bond donors (Lipinski definition) is 2. The van der Waals surface area contributed by atoms with E-state index in [-0.39, 0.29) is 70.3 Å². The first kappa shape index (κ1) is 30.4. The van der Waals surface area contributed by atoms with E-state index in [0.717, 1.165) is 16.6 Å². The molecule has 12 heteroatoms. The van der Waals surface area contributed by atoms with Crippen molar-refractivity contribution in [2.45, 2.75) is 38.1 Å². The Balaban J connectivity index is 1.32. The zero-order valence-electron chi connectivity index (χ0n) is 24.6. The van der Waals surface area contributed by atoms with E-state index in [0.29, 0.717) is 16.8 Å². The van der Waals surface area contributed by atoms with Crippen LogP contribution in [0.4, 0.5) is 18.0 Å². The average molecular weight is 636 g/mol. The van der Waals surface area contributed by atoms with Gasteiger partial charge in [-0.1, -0.05) is 29.8 Å². The molecule has 1 aliphatic carbocycles. The van der Waals surface area contributed by atoms with Crippen molar-refractivity contribution < 1.29 is 22.8 Å². The minimum absolute atomic E-state index is 0.0430. The maximum Gasteiger partial charge on any atom is 0.314 e. The van der Waals surface area contributed by atoms with Crippen molar-refractivity contribution in [3.63, 3.8) is 0 Å². The molecule has 1 aliphatic heterocycles. The summed E-state index contributed by atoms with van der Waals surface area (Å²) >= 11 is 6.61. The number of urea groups is 1. The van der Waals surface area contributed by atoms with Crippen molar-refractivity contribution in [1.29, 1.82) is 0 Å². The number of nitrogens with one attached hydrogen (secondary N) is 2. The van der Waals surface area contributed by atoms with Crippen LogP contribution in [0.1, 0.15) is 51.0 Å². The van der Waals surface area contributed by atoms with Crippen molar-refractivity contribution in [2.24, 2.45) is 0 Å². The molecule has 2 atom stereocenters. The highest BCUT2D eigenvalue weighted by Crippen LogP contribution is 2.55. The third-order valence-corrected chi connectivity index (χ3v) is 8.84. The number of amides is 3. The molecule has 45 heavy (non-hydrogen) atoms. The minimum atomic E-state index is -0.954. The fourth-order valence-corrected chi connectivity index (χ4v) is 6.25. The number of hydrogen-bond acceptors (Lipinski definition) is 4. The van der Waals surface area contributed by atoms with Gasteiger partial charge in [0.15, 0.2) is 5.82 Å². The summed E-state index contributed by atoms with van der Waals surface area (Å²) in [5.41, 5.74) is 0.695.